The van der Waals surface area contributed by atoms with E-state index < -0.39 is 0 Å². The van der Waals surface area contributed by atoms with Gasteiger partial charge in [0.2, 0.25) is 0 Å². The van der Waals surface area contributed by atoms with Crippen molar-refractivity contribution in [2.75, 3.05) is 26.3 Å². The summed E-state index contributed by atoms with van der Waals surface area (Å²) in [6.07, 6.45) is 8.96. The van der Waals surface area contributed by atoms with Gasteiger partial charge in [0.25, 0.3) is 0 Å². The van der Waals surface area contributed by atoms with Crippen molar-refractivity contribution in [3.8, 4) is 0 Å². The Bertz CT molecular complexity index is 483. The average Bonchev–Trinajstić information content (AvgIpc) is 2.68. The predicted molar refractivity (Wildman–Crippen MR) is 113 cm³/mol. The van der Waals surface area contributed by atoms with Crippen LogP contribution in [0.2, 0.25) is 0 Å². The summed E-state index contributed by atoms with van der Waals surface area (Å²) in [6, 6.07) is 0.428. The number of nitrogens with one attached hydrogen (secondary N) is 2. The summed E-state index contributed by atoms with van der Waals surface area (Å²) in [5.74, 6) is 0.875. The second-order valence-corrected chi connectivity index (χ2v) is 7.03. The zero-order valence-electron chi connectivity index (χ0n) is 17.2. The maximum absolute atomic E-state index is 5.01. The summed E-state index contributed by atoms with van der Waals surface area (Å²) < 4.78 is 5.01. The third-order valence-electron chi connectivity index (χ3n) is 4.48. The van der Waals surface area contributed by atoms with Crippen LogP contribution in [-0.2, 0) is 4.74 Å². The lowest BCUT2D eigenvalue weighted by Gasteiger charge is -2.20. The molecule has 1 saturated heterocycles. The number of hydrogen-bond acceptors (Lipinski definition) is 4. The van der Waals surface area contributed by atoms with Gasteiger partial charge < -0.3 is 15.4 Å². The van der Waals surface area contributed by atoms with Gasteiger partial charge in [-0.1, -0.05) is 32.8 Å². The van der Waals surface area contributed by atoms with Crippen LogP contribution in [0.5, 0.6) is 0 Å². The molecule has 1 aliphatic heterocycles. The summed E-state index contributed by atoms with van der Waals surface area (Å²) >= 11 is 0. The maximum Gasteiger partial charge on any atom is 0.151 e. The number of nitrogens with zero attached hydrogens (tertiary/aromatic N) is 2. The zero-order chi connectivity index (χ0) is 19.2. The van der Waals surface area contributed by atoms with E-state index in [0.717, 1.165) is 50.0 Å². The van der Waals surface area contributed by atoms with Crippen LogP contribution in [0, 0.1) is 0 Å². The molecule has 5 heteroatoms. The first-order valence-electron chi connectivity index (χ1n) is 10.0. The van der Waals surface area contributed by atoms with E-state index >= 15 is 0 Å². The van der Waals surface area contributed by atoms with Crippen LogP contribution >= 0.6 is 0 Å². The maximum atomic E-state index is 5.01. The summed E-state index contributed by atoms with van der Waals surface area (Å²) in [6.45, 7) is 16.0. The number of ether oxygens (including phenoxy) is 1. The van der Waals surface area contributed by atoms with Crippen molar-refractivity contribution in [3.63, 3.8) is 0 Å². The Hall–Kier alpha value is -1.46. The van der Waals surface area contributed by atoms with E-state index in [2.05, 4.69) is 44.9 Å². The van der Waals surface area contributed by atoms with Crippen LogP contribution in [-0.4, -0.2) is 43.9 Å². The molecule has 0 radical (unpaired) electrons. The SMILES string of the molecule is C1COCCN1.C=CNC(=NC1CCCCC1)C(N=C(C)CC)=C(C)C. The van der Waals surface area contributed by atoms with Crippen LogP contribution in [0.3, 0.4) is 0 Å². The second kappa shape index (κ2) is 13.7. The standard InChI is InChI=1S/C17H29N3.C4H9NO/c1-6-14(5)19-16(13(3)4)17(18-7-2)20-15-11-9-8-10-12-15;1-3-6-4-2-5-1/h7,15H,2,6,8-12H2,1,3-5H3,(H,18,20);5H,1-4H2. The van der Waals surface area contributed by atoms with Gasteiger partial charge in [0.15, 0.2) is 5.84 Å². The van der Waals surface area contributed by atoms with Crippen LogP contribution in [0.1, 0.15) is 66.2 Å². The Morgan fingerprint density at radius 3 is 2.23 bits per heavy atom. The van der Waals surface area contributed by atoms with Crippen LogP contribution in [0.4, 0.5) is 0 Å². The molecular formula is C21H38N4O. The van der Waals surface area contributed by atoms with Gasteiger partial charge in [-0.2, -0.15) is 0 Å². The minimum absolute atomic E-state index is 0.428. The van der Waals surface area contributed by atoms with Gasteiger partial charge in [0, 0.05) is 18.8 Å². The number of hydrogen-bond donors (Lipinski definition) is 2. The van der Waals surface area contributed by atoms with Crippen molar-refractivity contribution in [2.24, 2.45) is 9.98 Å². The number of rotatable bonds is 5. The topological polar surface area (TPSA) is 58.0 Å². The first kappa shape index (κ1) is 22.6. The zero-order valence-corrected chi connectivity index (χ0v) is 17.2. The summed E-state index contributed by atoms with van der Waals surface area (Å²) in [5.41, 5.74) is 3.28. The van der Waals surface area contributed by atoms with Gasteiger partial charge in [-0.25, -0.2) is 0 Å². The van der Waals surface area contributed by atoms with E-state index in [1.807, 2.05) is 0 Å². The molecule has 2 fully saturated rings. The van der Waals surface area contributed by atoms with Crippen LogP contribution in [0.25, 0.3) is 0 Å². The number of aliphatic imine (C=N–C) groups is 2. The number of allylic oxidation sites excluding steroid dienone is 1. The van der Waals surface area contributed by atoms with Crippen molar-refractivity contribution < 1.29 is 4.74 Å². The second-order valence-electron chi connectivity index (χ2n) is 7.03. The molecule has 1 saturated carbocycles. The fourth-order valence-corrected chi connectivity index (χ4v) is 2.84. The molecule has 2 N–H and O–H groups in total. The summed E-state index contributed by atoms with van der Waals surface area (Å²) in [7, 11) is 0. The largest absolute Gasteiger partial charge is 0.379 e. The third-order valence-corrected chi connectivity index (χ3v) is 4.48. The minimum Gasteiger partial charge on any atom is -0.379 e. The Labute approximate surface area is 160 Å². The lowest BCUT2D eigenvalue weighted by atomic mass is 9.96. The lowest BCUT2D eigenvalue weighted by Crippen LogP contribution is -2.30. The fraction of sp³-hybridized carbons (Fsp3) is 0.714. The average molecular weight is 363 g/mol. The normalized spacial score (nSPS) is 19.2. The predicted octanol–water partition coefficient (Wildman–Crippen LogP) is 4.22. The van der Waals surface area contributed by atoms with Crippen molar-refractivity contribution >= 4 is 11.5 Å². The van der Waals surface area contributed by atoms with E-state index in [1.165, 1.54) is 37.7 Å². The number of amidine groups is 1. The highest BCUT2D eigenvalue weighted by Crippen LogP contribution is 2.21. The van der Waals surface area contributed by atoms with E-state index in [1.54, 1.807) is 6.20 Å². The van der Waals surface area contributed by atoms with Crippen molar-refractivity contribution in [1.82, 2.24) is 10.6 Å². The lowest BCUT2D eigenvalue weighted by molar-refractivity contribution is 0.109. The first-order valence-corrected chi connectivity index (χ1v) is 10.0. The molecule has 0 bridgehead atoms. The van der Waals surface area contributed by atoms with Gasteiger partial charge in [-0.05, 0) is 51.8 Å². The molecule has 148 valence electrons. The van der Waals surface area contributed by atoms with Crippen molar-refractivity contribution in [2.45, 2.75) is 72.3 Å². The van der Waals surface area contributed by atoms with E-state index in [0.29, 0.717) is 6.04 Å². The van der Waals surface area contributed by atoms with Gasteiger partial charge in [-0.15, -0.1) is 0 Å². The highest BCUT2D eigenvalue weighted by atomic mass is 16.5. The molecule has 2 aliphatic rings. The molecule has 0 aromatic heterocycles. The quantitative estimate of drug-likeness (QED) is 0.568. The van der Waals surface area contributed by atoms with E-state index in [4.69, 9.17) is 14.7 Å². The molecule has 0 amide bonds. The molecule has 0 aromatic rings. The highest BCUT2D eigenvalue weighted by Gasteiger charge is 2.15. The van der Waals surface area contributed by atoms with Gasteiger partial charge in [0.05, 0.1) is 19.3 Å². The number of morpholine rings is 1. The molecule has 26 heavy (non-hydrogen) atoms. The molecule has 0 atom stereocenters. The minimum atomic E-state index is 0.428. The fourth-order valence-electron chi connectivity index (χ4n) is 2.84. The molecule has 1 aliphatic carbocycles. The van der Waals surface area contributed by atoms with E-state index in [9.17, 15) is 0 Å². The molecule has 5 nitrogen and oxygen atoms in total. The van der Waals surface area contributed by atoms with Crippen LogP contribution < -0.4 is 10.6 Å². The third kappa shape index (κ3) is 9.30. The molecule has 1 heterocycles. The van der Waals surface area contributed by atoms with Crippen molar-refractivity contribution in [1.29, 1.82) is 0 Å². The Morgan fingerprint density at radius 1 is 1.15 bits per heavy atom. The molecule has 2 rings (SSSR count). The Balaban J connectivity index is 0.000000472. The molecule has 0 aromatic carbocycles. The molecular weight excluding hydrogens is 324 g/mol. The Kier molecular flexibility index (Phi) is 11.9. The van der Waals surface area contributed by atoms with Gasteiger partial charge >= 0.3 is 0 Å². The monoisotopic (exact) mass is 362 g/mol. The van der Waals surface area contributed by atoms with Crippen LogP contribution in [0.15, 0.2) is 34.0 Å². The highest BCUT2D eigenvalue weighted by molar-refractivity contribution is 6.01. The van der Waals surface area contributed by atoms with Gasteiger partial charge in [0.1, 0.15) is 5.70 Å². The van der Waals surface area contributed by atoms with E-state index in [-0.39, 0.29) is 0 Å². The first-order chi connectivity index (χ1) is 12.6. The molecule has 0 spiro atoms. The summed E-state index contributed by atoms with van der Waals surface area (Å²) in [5, 5.41) is 6.35. The van der Waals surface area contributed by atoms with Gasteiger partial charge in [-0.3, -0.25) is 9.98 Å². The van der Waals surface area contributed by atoms with Crippen molar-refractivity contribution in [3.05, 3.63) is 24.0 Å². The Morgan fingerprint density at radius 2 is 1.81 bits per heavy atom. The smallest absolute Gasteiger partial charge is 0.151 e. The summed E-state index contributed by atoms with van der Waals surface area (Å²) in [4.78, 5) is 9.64. The molecule has 0 unspecified atom stereocenters.